The number of ketones is 1. The molecule has 0 saturated carbocycles. The molecule has 0 N–H and O–H groups in total. The zero-order valence-electron chi connectivity index (χ0n) is 8.33. The van der Waals surface area contributed by atoms with Crippen LogP contribution >= 0.6 is 11.6 Å². The molecule has 0 aliphatic rings. The van der Waals surface area contributed by atoms with Gasteiger partial charge in [-0.15, -0.1) is 11.6 Å². The molecule has 1 atom stereocenters. The molecule has 0 saturated heterocycles. The van der Waals surface area contributed by atoms with Gasteiger partial charge in [-0.2, -0.15) is 30.7 Å². The van der Waals surface area contributed by atoms with Crippen LogP contribution in [0.25, 0.3) is 0 Å². The van der Waals surface area contributed by atoms with Crippen molar-refractivity contribution in [2.24, 2.45) is 0 Å². The third-order valence-electron chi connectivity index (χ3n) is 1.70. The highest BCUT2D eigenvalue weighted by Crippen LogP contribution is 2.47. The Kier molecular flexibility index (Phi) is 4.61. The predicted octanol–water partition coefficient (Wildman–Crippen LogP) is 2.17. The van der Waals surface area contributed by atoms with Crippen LogP contribution in [0.5, 0.6) is 0 Å². The molecule has 3 nitrogen and oxygen atoms in total. The molecule has 11 heteroatoms. The van der Waals surface area contributed by atoms with Crippen LogP contribution in [0.4, 0.5) is 30.7 Å². The lowest BCUT2D eigenvalue weighted by Gasteiger charge is -2.27. The topological polar surface area (TPSA) is 43.4 Å². The van der Waals surface area contributed by atoms with Crippen molar-refractivity contribution in [3.8, 4) is 0 Å². The molecule has 0 aromatic heterocycles. The molecule has 0 aromatic carbocycles. The Balaban J connectivity index is 5.40. The minimum Gasteiger partial charge on any atom is -0.468 e. The second kappa shape index (κ2) is 4.90. The largest absolute Gasteiger partial charge is 0.468 e. The number of halogens is 8. The van der Waals surface area contributed by atoms with E-state index in [1.807, 2.05) is 0 Å². The number of Topliss-reactive ketones (excluding diaryl/α,β-unsaturated/α-hetero) is 1. The zero-order valence-corrected chi connectivity index (χ0v) is 9.08. The molecular formula is C7H4ClF7O3. The zero-order chi connectivity index (χ0) is 14.9. The molecule has 0 amide bonds. The average molecular weight is 305 g/mol. The standard InChI is InChI=1S/C7H4ClF7O3/c1-18-4(17)2(8)3(16)5(9,10)6(11,12)7(13,14)15/h2H,1H3. The smallest absolute Gasteiger partial charge is 0.460 e. The number of alkyl halides is 8. The number of esters is 1. The lowest BCUT2D eigenvalue weighted by atomic mass is 10.0. The summed E-state index contributed by atoms with van der Waals surface area (Å²) in [6, 6.07) is 0. The fourth-order valence-electron chi connectivity index (χ4n) is 0.702. The highest BCUT2D eigenvalue weighted by Gasteiger charge is 2.76. The second-order valence-corrected chi connectivity index (χ2v) is 3.33. The van der Waals surface area contributed by atoms with Gasteiger partial charge in [-0.1, -0.05) is 0 Å². The maximum absolute atomic E-state index is 12.7. The number of hydrogen-bond donors (Lipinski definition) is 0. The van der Waals surface area contributed by atoms with Crippen molar-refractivity contribution >= 4 is 23.4 Å². The Labute approximate surface area is 99.8 Å². The first-order valence-electron chi connectivity index (χ1n) is 3.89. The van der Waals surface area contributed by atoms with Crippen LogP contribution in [0.15, 0.2) is 0 Å². The van der Waals surface area contributed by atoms with E-state index in [1.54, 1.807) is 0 Å². The number of rotatable bonds is 4. The summed E-state index contributed by atoms with van der Waals surface area (Å²) >= 11 is 4.72. The molecular weight excluding hydrogens is 301 g/mol. The number of hydrogen-bond acceptors (Lipinski definition) is 3. The highest BCUT2D eigenvalue weighted by atomic mass is 35.5. The third-order valence-corrected chi connectivity index (χ3v) is 2.07. The van der Waals surface area contributed by atoms with Gasteiger partial charge in [0.2, 0.25) is 5.78 Å². The van der Waals surface area contributed by atoms with Gasteiger partial charge in [0.25, 0.3) is 0 Å². The van der Waals surface area contributed by atoms with Crippen LogP contribution in [0.3, 0.4) is 0 Å². The summed E-state index contributed by atoms with van der Waals surface area (Å²) in [5.74, 6) is -17.8. The number of ether oxygens (including phenoxy) is 1. The molecule has 0 bridgehead atoms. The number of carbonyl (C=O) groups is 2. The third kappa shape index (κ3) is 2.68. The van der Waals surface area contributed by atoms with Gasteiger partial charge in [-0.3, -0.25) is 4.79 Å². The van der Waals surface area contributed by atoms with Crippen LogP contribution < -0.4 is 0 Å². The van der Waals surface area contributed by atoms with Gasteiger partial charge in [0.05, 0.1) is 7.11 Å². The minimum absolute atomic E-state index is 0.574. The molecule has 0 heterocycles. The molecule has 106 valence electrons. The Morgan fingerprint density at radius 1 is 1.06 bits per heavy atom. The van der Waals surface area contributed by atoms with Crippen molar-refractivity contribution in [3.05, 3.63) is 0 Å². The summed E-state index contributed by atoms with van der Waals surface area (Å²) in [4.78, 5) is 21.2. The molecule has 0 aromatic rings. The Bertz CT molecular complexity index is 351. The monoisotopic (exact) mass is 304 g/mol. The summed E-state index contributed by atoms with van der Waals surface area (Å²) in [5, 5.41) is -2.97. The van der Waals surface area contributed by atoms with Gasteiger partial charge >= 0.3 is 24.0 Å². The summed E-state index contributed by atoms with van der Waals surface area (Å²) in [6.07, 6.45) is -6.68. The molecule has 0 aliphatic carbocycles. The van der Waals surface area contributed by atoms with Crippen molar-refractivity contribution < 1.29 is 45.1 Å². The Morgan fingerprint density at radius 2 is 1.44 bits per heavy atom. The summed E-state index contributed by atoms with van der Waals surface area (Å²) < 4.78 is 89.0. The SMILES string of the molecule is COC(=O)C(Cl)C(=O)C(F)(F)C(F)(F)C(F)(F)F. The first-order chi connectivity index (χ1) is 7.80. The van der Waals surface area contributed by atoms with Crippen LogP contribution in [-0.4, -0.2) is 42.3 Å². The number of methoxy groups -OCH3 is 1. The molecule has 0 aliphatic heterocycles. The first-order valence-corrected chi connectivity index (χ1v) is 4.33. The minimum atomic E-state index is -6.68. The average Bonchev–Trinajstić information content (AvgIpc) is 2.23. The summed E-state index contributed by atoms with van der Waals surface area (Å²) in [6.45, 7) is 0. The van der Waals surface area contributed by atoms with E-state index in [2.05, 4.69) is 4.74 Å². The van der Waals surface area contributed by atoms with E-state index in [0.717, 1.165) is 0 Å². The van der Waals surface area contributed by atoms with Crippen LogP contribution in [0.2, 0.25) is 0 Å². The maximum Gasteiger partial charge on any atom is 0.460 e. The van der Waals surface area contributed by atoms with Crippen molar-refractivity contribution in [1.29, 1.82) is 0 Å². The van der Waals surface area contributed by atoms with Gasteiger partial charge in [0.15, 0.2) is 5.38 Å². The first kappa shape index (κ1) is 16.9. The molecule has 0 rings (SSSR count). The Morgan fingerprint density at radius 3 is 1.72 bits per heavy atom. The fourth-order valence-corrected chi connectivity index (χ4v) is 0.929. The van der Waals surface area contributed by atoms with E-state index in [0.29, 0.717) is 7.11 Å². The normalized spacial score (nSPS) is 15.2. The van der Waals surface area contributed by atoms with Gasteiger partial charge < -0.3 is 4.74 Å². The highest BCUT2D eigenvalue weighted by molar-refractivity contribution is 6.42. The maximum atomic E-state index is 12.7. The second-order valence-electron chi connectivity index (χ2n) is 2.90. The van der Waals surface area contributed by atoms with E-state index in [1.165, 1.54) is 0 Å². The van der Waals surface area contributed by atoms with E-state index < -0.39 is 35.2 Å². The molecule has 0 fully saturated rings. The summed E-state index contributed by atoms with van der Waals surface area (Å²) in [5.41, 5.74) is 0. The van der Waals surface area contributed by atoms with Crippen molar-refractivity contribution in [3.63, 3.8) is 0 Å². The summed E-state index contributed by atoms with van der Waals surface area (Å²) in [7, 11) is 0.574. The van der Waals surface area contributed by atoms with Crippen molar-refractivity contribution in [1.82, 2.24) is 0 Å². The Hall–Kier alpha value is -1.06. The fraction of sp³-hybridized carbons (Fsp3) is 0.714. The molecule has 1 unspecified atom stereocenters. The molecule has 0 radical (unpaired) electrons. The van der Waals surface area contributed by atoms with Gasteiger partial charge in [-0.25, -0.2) is 4.79 Å². The van der Waals surface area contributed by atoms with Crippen LogP contribution in [-0.2, 0) is 14.3 Å². The van der Waals surface area contributed by atoms with Crippen molar-refractivity contribution in [2.75, 3.05) is 7.11 Å². The molecule has 18 heavy (non-hydrogen) atoms. The number of carbonyl (C=O) groups excluding carboxylic acids is 2. The van der Waals surface area contributed by atoms with E-state index in [9.17, 15) is 40.3 Å². The lowest BCUT2D eigenvalue weighted by Crippen LogP contribution is -2.58. The van der Waals surface area contributed by atoms with Crippen molar-refractivity contribution in [2.45, 2.75) is 23.4 Å². The van der Waals surface area contributed by atoms with E-state index in [4.69, 9.17) is 11.6 Å². The van der Waals surface area contributed by atoms with Gasteiger partial charge in [0, 0.05) is 0 Å². The molecule has 0 spiro atoms. The van der Waals surface area contributed by atoms with Crippen LogP contribution in [0.1, 0.15) is 0 Å². The lowest BCUT2D eigenvalue weighted by molar-refractivity contribution is -0.343. The van der Waals surface area contributed by atoms with Gasteiger partial charge in [0.1, 0.15) is 0 Å². The van der Waals surface area contributed by atoms with Crippen LogP contribution in [0, 0.1) is 0 Å². The van der Waals surface area contributed by atoms with E-state index in [-0.39, 0.29) is 0 Å². The van der Waals surface area contributed by atoms with E-state index >= 15 is 0 Å². The predicted molar refractivity (Wildman–Crippen MR) is 42.6 cm³/mol. The quantitative estimate of drug-likeness (QED) is 0.346. The van der Waals surface area contributed by atoms with Gasteiger partial charge in [-0.05, 0) is 0 Å².